The molecule has 100 valence electrons. The van der Waals surface area contributed by atoms with Crippen molar-refractivity contribution in [1.29, 1.82) is 0 Å². The average molecular weight is 260 g/mol. The van der Waals surface area contributed by atoms with Gasteiger partial charge in [0.15, 0.2) is 0 Å². The van der Waals surface area contributed by atoms with E-state index in [1.54, 1.807) is 0 Å². The van der Waals surface area contributed by atoms with Crippen molar-refractivity contribution in [3.8, 4) is 0 Å². The van der Waals surface area contributed by atoms with Crippen LogP contribution in [0, 0.1) is 0 Å². The van der Waals surface area contributed by atoms with Gasteiger partial charge in [-0.05, 0) is 24.5 Å². The van der Waals surface area contributed by atoms with Crippen molar-refractivity contribution < 1.29 is 14.7 Å². The van der Waals surface area contributed by atoms with Gasteiger partial charge >= 0.3 is 5.97 Å². The van der Waals surface area contributed by atoms with Gasteiger partial charge in [0.2, 0.25) is 5.91 Å². The Kier molecular flexibility index (Phi) is 3.85. The third-order valence-corrected chi connectivity index (χ3v) is 3.03. The van der Waals surface area contributed by atoms with Gasteiger partial charge in [0.05, 0.1) is 0 Å². The normalized spacial score (nSPS) is 10.7. The predicted molar refractivity (Wildman–Crippen MR) is 71.7 cm³/mol. The number of carboxylic acid groups (broad SMARTS) is 1. The van der Waals surface area contributed by atoms with Crippen molar-refractivity contribution in [2.45, 2.75) is 25.8 Å². The predicted octanol–water partition coefficient (Wildman–Crippen LogP) is 1.53. The molecule has 1 aromatic carbocycles. The number of amides is 1. The molecule has 0 saturated carbocycles. The lowest BCUT2D eigenvalue weighted by molar-refractivity contribution is -0.137. The number of benzene rings is 1. The van der Waals surface area contributed by atoms with Crippen LogP contribution >= 0.6 is 0 Å². The molecule has 2 aromatic rings. The number of aryl methyl sites for hydroxylation is 1. The number of para-hydroxylation sites is 1. The van der Waals surface area contributed by atoms with Gasteiger partial charge in [-0.3, -0.25) is 9.59 Å². The van der Waals surface area contributed by atoms with Crippen LogP contribution in [0.15, 0.2) is 30.5 Å². The Balaban J connectivity index is 2.27. The number of primary amides is 1. The maximum Gasteiger partial charge on any atom is 0.303 e. The average Bonchev–Trinajstić information content (AvgIpc) is 2.67. The summed E-state index contributed by atoms with van der Waals surface area (Å²) in [7, 11) is 0. The van der Waals surface area contributed by atoms with Crippen LogP contribution < -0.4 is 5.73 Å². The van der Waals surface area contributed by atoms with Crippen LogP contribution in [0.5, 0.6) is 0 Å². The van der Waals surface area contributed by atoms with Crippen LogP contribution in [0.3, 0.4) is 0 Å². The first kappa shape index (κ1) is 13.1. The molecule has 5 heteroatoms. The summed E-state index contributed by atoms with van der Waals surface area (Å²) in [6, 6.07) is 7.74. The third kappa shape index (κ3) is 3.13. The highest BCUT2D eigenvalue weighted by Gasteiger charge is 2.09. The minimum Gasteiger partial charge on any atom is -0.481 e. The van der Waals surface area contributed by atoms with E-state index in [1.807, 2.05) is 35.0 Å². The fourth-order valence-electron chi connectivity index (χ4n) is 2.25. The highest BCUT2D eigenvalue weighted by atomic mass is 16.4. The van der Waals surface area contributed by atoms with E-state index in [0.717, 1.165) is 16.5 Å². The number of carbonyl (C=O) groups is 2. The Morgan fingerprint density at radius 3 is 2.68 bits per heavy atom. The van der Waals surface area contributed by atoms with Crippen molar-refractivity contribution in [1.82, 2.24) is 4.57 Å². The van der Waals surface area contributed by atoms with Gasteiger partial charge in [-0.25, -0.2) is 0 Å². The molecule has 5 nitrogen and oxygen atoms in total. The zero-order valence-corrected chi connectivity index (χ0v) is 10.5. The number of carbonyl (C=O) groups excluding carboxylic acids is 1. The fourth-order valence-corrected chi connectivity index (χ4v) is 2.25. The van der Waals surface area contributed by atoms with Gasteiger partial charge in [0.1, 0.15) is 6.54 Å². The first-order valence-electron chi connectivity index (χ1n) is 6.15. The number of carboxylic acids is 1. The number of aliphatic carboxylic acids is 1. The number of nitrogens with two attached hydrogens (primary N) is 1. The summed E-state index contributed by atoms with van der Waals surface area (Å²) in [6.45, 7) is 0.138. The summed E-state index contributed by atoms with van der Waals surface area (Å²) in [5.41, 5.74) is 7.23. The lowest BCUT2D eigenvalue weighted by Crippen LogP contribution is -2.17. The topological polar surface area (TPSA) is 85.3 Å². The molecule has 0 saturated heterocycles. The molecule has 0 bridgehead atoms. The van der Waals surface area contributed by atoms with E-state index in [-0.39, 0.29) is 13.0 Å². The quantitative estimate of drug-likeness (QED) is 0.826. The van der Waals surface area contributed by atoms with Crippen molar-refractivity contribution in [2.75, 3.05) is 0 Å². The zero-order valence-electron chi connectivity index (χ0n) is 10.5. The zero-order chi connectivity index (χ0) is 13.8. The van der Waals surface area contributed by atoms with E-state index in [1.165, 1.54) is 0 Å². The molecule has 1 aromatic heterocycles. The molecule has 0 aliphatic heterocycles. The molecule has 0 spiro atoms. The first-order chi connectivity index (χ1) is 9.08. The summed E-state index contributed by atoms with van der Waals surface area (Å²) in [5.74, 6) is -1.18. The molecular formula is C14H16N2O3. The summed E-state index contributed by atoms with van der Waals surface area (Å²) in [6.07, 6.45) is 3.30. The fraction of sp³-hybridized carbons (Fsp3) is 0.286. The number of fused-ring (bicyclic) bond motifs is 1. The van der Waals surface area contributed by atoms with Gasteiger partial charge in [0.25, 0.3) is 0 Å². The molecule has 0 aliphatic carbocycles. The molecule has 1 amide bonds. The Morgan fingerprint density at radius 2 is 2.00 bits per heavy atom. The van der Waals surface area contributed by atoms with E-state index < -0.39 is 11.9 Å². The highest BCUT2D eigenvalue weighted by Crippen LogP contribution is 2.22. The summed E-state index contributed by atoms with van der Waals surface area (Å²) < 4.78 is 1.81. The van der Waals surface area contributed by atoms with Gasteiger partial charge < -0.3 is 15.4 Å². The standard InChI is InChI=1S/C14H16N2O3/c15-13(17)9-16-8-10(4-3-7-14(18)19)11-5-1-2-6-12(11)16/h1-2,5-6,8H,3-4,7,9H2,(H2,15,17)(H,18,19). The lowest BCUT2D eigenvalue weighted by Gasteiger charge is -2.00. The van der Waals surface area contributed by atoms with Crippen molar-refractivity contribution in [3.63, 3.8) is 0 Å². The molecule has 0 atom stereocenters. The first-order valence-corrected chi connectivity index (χ1v) is 6.15. The minimum absolute atomic E-state index is 0.138. The molecule has 2 rings (SSSR count). The van der Waals surface area contributed by atoms with Gasteiger partial charge in [-0.2, -0.15) is 0 Å². The lowest BCUT2D eigenvalue weighted by atomic mass is 10.1. The summed E-state index contributed by atoms with van der Waals surface area (Å²) in [5, 5.41) is 9.71. The second kappa shape index (κ2) is 5.56. The van der Waals surface area contributed by atoms with Gasteiger partial charge in [0, 0.05) is 23.5 Å². The van der Waals surface area contributed by atoms with Crippen LogP contribution in [0.1, 0.15) is 18.4 Å². The van der Waals surface area contributed by atoms with Crippen LogP contribution in [0.2, 0.25) is 0 Å². The molecule has 0 radical (unpaired) electrons. The summed E-state index contributed by atoms with van der Waals surface area (Å²) >= 11 is 0. The number of rotatable bonds is 6. The van der Waals surface area contributed by atoms with Crippen molar-refractivity contribution in [2.24, 2.45) is 5.73 Å². The molecule has 0 aliphatic rings. The molecule has 3 N–H and O–H groups in total. The van der Waals surface area contributed by atoms with E-state index in [2.05, 4.69) is 0 Å². The number of hydrogen-bond donors (Lipinski definition) is 2. The van der Waals surface area contributed by atoms with Gasteiger partial charge in [-0.1, -0.05) is 18.2 Å². The van der Waals surface area contributed by atoms with Crippen molar-refractivity contribution in [3.05, 3.63) is 36.0 Å². The number of nitrogens with zero attached hydrogens (tertiary/aromatic N) is 1. The van der Waals surface area contributed by atoms with Crippen LogP contribution in [0.4, 0.5) is 0 Å². The third-order valence-electron chi connectivity index (χ3n) is 3.03. The van der Waals surface area contributed by atoms with E-state index in [4.69, 9.17) is 10.8 Å². The second-order valence-corrected chi connectivity index (χ2v) is 4.51. The Bertz CT molecular complexity index is 616. The molecule has 0 unspecified atom stereocenters. The molecule has 0 fully saturated rings. The molecular weight excluding hydrogens is 244 g/mol. The number of hydrogen-bond acceptors (Lipinski definition) is 2. The Morgan fingerprint density at radius 1 is 1.26 bits per heavy atom. The van der Waals surface area contributed by atoms with Crippen LogP contribution in [-0.2, 0) is 22.6 Å². The van der Waals surface area contributed by atoms with E-state index in [9.17, 15) is 9.59 Å². The molecule has 1 heterocycles. The smallest absolute Gasteiger partial charge is 0.303 e. The SMILES string of the molecule is NC(=O)Cn1cc(CCCC(=O)O)c2ccccc21. The summed E-state index contributed by atoms with van der Waals surface area (Å²) in [4.78, 5) is 21.6. The monoisotopic (exact) mass is 260 g/mol. The van der Waals surface area contributed by atoms with E-state index in [0.29, 0.717) is 12.8 Å². The van der Waals surface area contributed by atoms with Crippen molar-refractivity contribution >= 4 is 22.8 Å². The Labute approximate surface area is 110 Å². The van der Waals surface area contributed by atoms with Crippen LogP contribution in [-0.4, -0.2) is 21.6 Å². The highest BCUT2D eigenvalue weighted by molar-refractivity contribution is 5.86. The van der Waals surface area contributed by atoms with Gasteiger partial charge in [-0.15, -0.1) is 0 Å². The second-order valence-electron chi connectivity index (χ2n) is 4.51. The van der Waals surface area contributed by atoms with Crippen LogP contribution in [0.25, 0.3) is 10.9 Å². The number of aromatic nitrogens is 1. The molecule has 19 heavy (non-hydrogen) atoms. The Hall–Kier alpha value is -2.30. The largest absolute Gasteiger partial charge is 0.481 e. The maximum absolute atomic E-state index is 11.0. The van der Waals surface area contributed by atoms with E-state index >= 15 is 0 Å². The minimum atomic E-state index is -0.791. The maximum atomic E-state index is 11.0.